The number of likely N-dealkylation sites (tertiary alicyclic amines) is 1. The first-order valence-corrected chi connectivity index (χ1v) is 5.94. The summed E-state index contributed by atoms with van der Waals surface area (Å²) in [6.07, 6.45) is 5.09. The molecule has 1 amide bonds. The highest BCUT2D eigenvalue weighted by Crippen LogP contribution is 2.08. The number of aryl methyl sites for hydroxylation is 1. The lowest BCUT2D eigenvalue weighted by Crippen LogP contribution is -2.35. The monoisotopic (exact) mass is 236 g/mol. The maximum absolute atomic E-state index is 10.9. The molecule has 0 saturated carbocycles. The number of nitrogens with zero attached hydrogens (tertiary/aromatic N) is 2. The van der Waals surface area contributed by atoms with Crippen molar-refractivity contribution in [2.45, 2.75) is 26.2 Å². The van der Waals surface area contributed by atoms with E-state index in [1.54, 1.807) is 11.1 Å². The van der Waals surface area contributed by atoms with Crippen molar-refractivity contribution in [3.05, 3.63) is 30.1 Å². The number of hydrogen-bond acceptors (Lipinski definition) is 3. The first-order valence-electron chi connectivity index (χ1n) is 5.94. The molecule has 0 aromatic carbocycles. The summed E-state index contributed by atoms with van der Waals surface area (Å²) in [7, 11) is 1.43. The van der Waals surface area contributed by atoms with E-state index in [0.29, 0.717) is 0 Å². The molecule has 2 heterocycles. The molecule has 0 atom stereocenters. The highest BCUT2D eigenvalue weighted by molar-refractivity contribution is 5.67. The highest BCUT2D eigenvalue weighted by atomic mass is 16.5. The quantitative estimate of drug-likeness (QED) is 0.695. The topological polar surface area (TPSA) is 42.4 Å². The number of piperidine rings is 1. The zero-order valence-corrected chi connectivity index (χ0v) is 10.6. The summed E-state index contributed by atoms with van der Waals surface area (Å²) in [6.45, 7) is 3.71. The van der Waals surface area contributed by atoms with Crippen molar-refractivity contribution < 1.29 is 9.53 Å². The zero-order chi connectivity index (χ0) is 12.5. The van der Waals surface area contributed by atoms with Crippen molar-refractivity contribution in [3.8, 4) is 0 Å². The molecule has 1 saturated heterocycles. The summed E-state index contributed by atoms with van der Waals surface area (Å²) in [6, 6.07) is 5.86. The van der Waals surface area contributed by atoms with E-state index < -0.39 is 0 Å². The summed E-state index contributed by atoms with van der Waals surface area (Å²) < 4.78 is 4.58. The van der Waals surface area contributed by atoms with E-state index in [0.717, 1.165) is 31.6 Å². The second-order valence-corrected chi connectivity index (χ2v) is 3.99. The van der Waals surface area contributed by atoms with Crippen LogP contribution in [-0.4, -0.2) is 36.2 Å². The molecule has 1 aromatic heterocycles. The van der Waals surface area contributed by atoms with Gasteiger partial charge in [-0.3, -0.25) is 4.98 Å². The van der Waals surface area contributed by atoms with Gasteiger partial charge < -0.3 is 9.64 Å². The molecule has 0 radical (unpaired) electrons. The molecule has 4 nitrogen and oxygen atoms in total. The Labute approximate surface area is 103 Å². The fourth-order valence-electron chi connectivity index (χ4n) is 1.65. The molecule has 0 bridgehead atoms. The third kappa shape index (κ3) is 5.33. The molecule has 1 fully saturated rings. The molecule has 1 aliphatic heterocycles. The van der Waals surface area contributed by atoms with Crippen LogP contribution >= 0.6 is 0 Å². The summed E-state index contributed by atoms with van der Waals surface area (Å²) >= 11 is 0. The van der Waals surface area contributed by atoms with E-state index >= 15 is 0 Å². The van der Waals surface area contributed by atoms with Crippen molar-refractivity contribution in [1.29, 1.82) is 0 Å². The van der Waals surface area contributed by atoms with Gasteiger partial charge in [0, 0.05) is 25.0 Å². The maximum atomic E-state index is 10.9. The number of rotatable bonds is 0. The molecule has 0 N–H and O–H groups in total. The van der Waals surface area contributed by atoms with Gasteiger partial charge in [-0.2, -0.15) is 0 Å². The van der Waals surface area contributed by atoms with Crippen LogP contribution in [-0.2, 0) is 4.74 Å². The van der Waals surface area contributed by atoms with Gasteiger partial charge in [0.05, 0.1) is 7.11 Å². The number of hydrogen-bond donors (Lipinski definition) is 0. The molecule has 0 unspecified atom stereocenters. The number of aromatic nitrogens is 1. The van der Waals surface area contributed by atoms with E-state index in [2.05, 4.69) is 9.72 Å². The Balaban J connectivity index is 0.000000181. The predicted octanol–water partition coefficient (Wildman–Crippen LogP) is 2.63. The molecule has 0 aliphatic carbocycles. The first kappa shape index (κ1) is 13.5. The van der Waals surface area contributed by atoms with E-state index in [1.807, 2.05) is 25.1 Å². The Hall–Kier alpha value is -1.58. The molecule has 94 valence electrons. The maximum Gasteiger partial charge on any atom is 0.409 e. The lowest BCUT2D eigenvalue weighted by Gasteiger charge is -2.24. The Bertz CT molecular complexity index is 321. The average molecular weight is 236 g/mol. The predicted molar refractivity (Wildman–Crippen MR) is 66.8 cm³/mol. The van der Waals surface area contributed by atoms with E-state index in [1.165, 1.54) is 13.5 Å². The molecular formula is C13H20N2O2. The summed E-state index contributed by atoms with van der Waals surface area (Å²) in [4.78, 5) is 16.6. The Morgan fingerprint density at radius 1 is 1.29 bits per heavy atom. The Morgan fingerprint density at radius 3 is 2.41 bits per heavy atom. The van der Waals surface area contributed by atoms with Crippen LogP contribution in [0.4, 0.5) is 4.79 Å². The normalized spacial score (nSPS) is 14.6. The smallest absolute Gasteiger partial charge is 0.409 e. The van der Waals surface area contributed by atoms with Crippen LogP contribution in [0.15, 0.2) is 24.4 Å². The number of pyridine rings is 1. The third-order valence-corrected chi connectivity index (χ3v) is 2.60. The van der Waals surface area contributed by atoms with Crippen molar-refractivity contribution in [3.63, 3.8) is 0 Å². The SMILES string of the molecule is COC(=O)N1CCCCC1.Cc1ccccn1. The lowest BCUT2D eigenvalue weighted by atomic mass is 10.1. The van der Waals surface area contributed by atoms with Crippen molar-refractivity contribution in [1.82, 2.24) is 9.88 Å². The van der Waals surface area contributed by atoms with Crippen LogP contribution in [0.25, 0.3) is 0 Å². The van der Waals surface area contributed by atoms with Gasteiger partial charge in [-0.25, -0.2) is 4.79 Å². The average Bonchev–Trinajstić information content (AvgIpc) is 2.40. The van der Waals surface area contributed by atoms with Gasteiger partial charge in [0.1, 0.15) is 0 Å². The largest absolute Gasteiger partial charge is 0.453 e. The molecule has 2 rings (SSSR count). The standard InChI is InChI=1S/C7H13NO2.C6H7N/c1-10-7(9)8-5-3-2-4-6-8;1-6-4-2-3-5-7-6/h2-6H2,1H3;2-5H,1H3. The van der Waals surface area contributed by atoms with Crippen LogP contribution in [0.3, 0.4) is 0 Å². The summed E-state index contributed by atoms with van der Waals surface area (Å²) in [5.74, 6) is 0. The van der Waals surface area contributed by atoms with Gasteiger partial charge >= 0.3 is 6.09 Å². The fraction of sp³-hybridized carbons (Fsp3) is 0.538. The highest BCUT2D eigenvalue weighted by Gasteiger charge is 2.15. The number of amides is 1. The molecule has 1 aliphatic rings. The molecule has 0 spiro atoms. The van der Waals surface area contributed by atoms with Crippen LogP contribution in [0.2, 0.25) is 0 Å². The molecule has 17 heavy (non-hydrogen) atoms. The fourth-order valence-corrected chi connectivity index (χ4v) is 1.65. The second-order valence-electron chi connectivity index (χ2n) is 3.99. The van der Waals surface area contributed by atoms with Gasteiger partial charge in [0.15, 0.2) is 0 Å². The van der Waals surface area contributed by atoms with Gasteiger partial charge in [0.2, 0.25) is 0 Å². The minimum atomic E-state index is -0.181. The summed E-state index contributed by atoms with van der Waals surface area (Å²) in [5.41, 5.74) is 1.07. The van der Waals surface area contributed by atoms with Crippen LogP contribution in [0.1, 0.15) is 25.0 Å². The van der Waals surface area contributed by atoms with Crippen molar-refractivity contribution in [2.24, 2.45) is 0 Å². The second kappa shape index (κ2) is 7.65. The lowest BCUT2D eigenvalue weighted by molar-refractivity contribution is 0.115. The Morgan fingerprint density at radius 2 is 2.00 bits per heavy atom. The van der Waals surface area contributed by atoms with Crippen LogP contribution in [0, 0.1) is 6.92 Å². The molecule has 1 aromatic rings. The third-order valence-electron chi connectivity index (χ3n) is 2.60. The summed E-state index contributed by atoms with van der Waals surface area (Å²) in [5, 5.41) is 0. The van der Waals surface area contributed by atoms with E-state index in [4.69, 9.17) is 0 Å². The Kier molecular flexibility index (Phi) is 6.07. The van der Waals surface area contributed by atoms with Crippen molar-refractivity contribution >= 4 is 6.09 Å². The van der Waals surface area contributed by atoms with Gasteiger partial charge in [-0.1, -0.05) is 6.07 Å². The van der Waals surface area contributed by atoms with Crippen LogP contribution < -0.4 is 0 Å². The molecule has 4 heteroatoms. The number of carbonyl (C=O) groups is 1. The zero-order valence-electron chi connectivity index (χ0n) is 10.6. The number of ether oxygens (including phenoxy) is 1. The van der Waals surface area contributed by atoms with Gasteiger partial charge in [-0.05, 0) is 38.3 Å². The van der Waals surface area contributed by atoms with Crippen LogP contribution in [0.5, 0.6) is 0 Å². The van der Waals surface area contributed by atoms with Gasteiger partial charge in [0.25, 0.3) is 0 Å². The minimum Gasteiger partial charge on any atom is -0.453 e. The minimum absolute atomic E-state index is 0.181. The van der Waals surface area contributed by atoms with Gasteiger partial charge in [-0.15, -0.1) is 0 Å². The number of carbonyl (C=O) groups excluding carboxylic acids is 1. The van der Waals surface area contributed by atoms with E-state index in [-0.39, 0.29) is 6.09 Å². The molecular weight excluding hydrogens is 216 g/mol. The van der Waals surface area contributed by atoms with E-state index in [9.17, 15) is 4.79 Å². The van der Waals surface area contributed by atoms with Crippen molar-refractivity contribution in [2.75, 3.05) is 20.2 Å². The number of methoxy groups -OCH3 is 1. The first-order chi connectivity index (χ1) is 8.24.